The zero-order chi connectivity index (χ0) is 14.5. The van der Waals surface area contributed by atoms with Crippen molar-refractivity contribution in [1.29, 1.82) is 0 Å². The molecule has 0 aliphatic carbocycles. The van der Waals surface area contributed by atoms with Crippen LogP contribution in [0.4, 0.5) is 10.5 Å². The molecule has 1 aromatic carbocycles. The number of phenolic OH excluding ortho intramolecular Hbond substituents is 1. The Labute approximate surface area is 112 Å². The number of phenols is 1. The summed E-state index contributed by atoms with van der Waals surface area (Å²) in [7, 11) is 0. The van der Waals surface area contributed by atoms with Gasteiger partial charge in [0.2, 0.25) is 0 Å². The lowest BCUT2D eigenvalue weighted by atomic mass is 10.1. The van der Waals surface area contributed by atoms with Crippen LogP contribution < -0.4 is 5.32 Å². The predicted molar refractivity (Wildman–Crippen MR) is 72.3 cm³/mol. The highest BCUT2D eigenvalue weighted by molar-refractivity contribution is 5.87. The van der Waals surface area contributed by atoms with Crippen molar-refractivity contribution in [1.82, 2.24) is 0 Å². The molecule has 5 nitrogen and oxygen atoms in total. The number of hydrogen-bond donors (Lipinski definition) is 2. The lowest BCUT2D eigenvalue weighted by Gasteiger charge is -2.20. The maximum absolute atomic E-state index is 11.6. The summed E-state index contributed by atoms with van der Waals surface area (Å²) in [6, 6.07) is 4.81. The number of benzene rings is 1. The van der Waals surface area contributed by atoms with Crippen LogP contribution >= 0.6 is 0 Å². The normalized spacial score (nSPS) is 10.9. The van der Waals surface area contributed by atoms with Crippen molar-refractivity contribution in [3.63, 3.8) is 0 Å². The number of aryl methyl sites for hydroxylation is 1. The van der Waals surface area contributed by atoms with E-state index in [0.29, 0.717) is 12.8 Å². The van der Waals surface area contributed by atoms with Gasteiger partial charge in [-0.1, -0.05) is 6.07 Å². The molecule has 0 aromatic heterocycles. The maximum Gasteiger partial charge on any atom is 0.412 e. The van der Waals surface area contributed by atoms with Crippen molar-refractivity contribution in [3.05, 3.63) is 23.8 Å². The second kappa shape index (κ2) is 6.22. The first kappa shape index (κ1) is 15.0. The van der Waals surface area contributed by atoms with Gasteiger partial charge in [0.25, 0.3) is 0 Å². The second-order valence-electron chi connectivity index (χ2n) is 5.18. The minimum Gasteiger partial charge on any atom is -0.506 e. The summed E-state index contributed by atoms with van der Waals surface area (Å²) in [5, 5.41) is 12.2. The second-order valence-corrected chi connectivity index (χ2v) is 5.18. The fourth-order valence-corrected chi connectivity index (χ4v) is 1.48. The standard InChI is InChI=1S/C14H19NO4/c1-14(2,3)19-13(18)15-11-9-10(5-4-8-16)6-7-12(11)17/h6-9,17H,4-5H2,1-3H3,(H,15,18). The molecule has 0 radical (unpaired) electrons. The van der Waals surface area contributed by atoms with Crippen LogP contribution in [0, 0.1) is 0 Å². The van der Waals surface area contributed by atoms with Crippen molar-refractivity contribution in [2.45, 2.75) is 39.2 Å². The molecule has 0 heterocycles. The molecular formula is C14H19NO4. The third-order valence-electron chi connectivity index (χ3n) is 2.25. The number of amides is 1. The van der Waals surface area contributed by atoms with Crippen LogP contribution in [0.1, 0.15) is 32.8 Å². The third-order valence-corrected chi connectivity index (χ3v) is 2.25. The van der Waals surface area contributed by atoms with Crippen molar-refractivity contribution in [2.24, 2.45) is 0 Å². The molecule has 0 aliphatic heterocycles. The average Bonchev–Trinajstić information content (AvgIpc) is 2.27. The minimum atomic E-state index is -0.629. The first-order valence-corrected chi connectivity index (χ1v) is 6.07. The van der Waals surface area contributed by atoms with Gasteiger partial charge in [-0.05, 0) is 44.9 Å². The van der Waals surface area contributed by atoms with Gasteiger partial charge in [0.05, 0.1) is 5.69 Å². The monoisotopic (exact) mass is 265 g/mol. The lowest BCUT2D eigenvalue weighted by molar-refractivity contribution is -0.107. The van der Waals surface area contributed by atoms with E-state index < -0.39 is 11.7 Å². The van der Waals surface area contributed by atoms with Crippen LogP contribution in [0.3, 0.4) is 0 Å². The predicted octanol–water partition coefficient (Wildman–Crippen LogP) is 2.87. The summed E-state index contributed by atoms with van der Waals surface area (Å²) in [4.78, 5) is 21.9. The molecule has 0 aliphatic rings. The first-order valence-electron chi connectivity index (χ1n) is 6.07. The van der Waals surface area contributed by atoms with Gasteiger partial charge >= 0.3 is 6.09 Å². The lowest BCUT2D eigenvalue weighted by Crippen LogP contribution is -2.27. The molecule has 2 N–H and O–H groups in total. The van der Waals surface area contributed by atoms with Gasteiger partial charge in [-0.2, -0.15) is 0 Å². The fourth-order valence-electron chi connectivity index (χ4n) is 1.48. The molecular weight excluding hydrogens is 246 g/mol. The minimum absolute atomic E-state index is 0.0410. The van der Waals surface area contributed by atoms with E-state index in [2.05, 4.69) is 5.32 Å². The van der Waals surface area contributed by atoms with Crippen LogP contribution in [0.2, 0.25) is 0 Å². The molecule has 0 fully saturated rings. The van der Waals surface area contributed by atoms with E-state index in [1.54, 1.807) is 32.9 Å². The van der Waals surface area contributed by atoms with E-state index in [9.17, 15) is 14.7 Å². The molecule has 19 heavy (non-hydrogen) atoms. The summed E-state index contributed by atoms with van der Waals surface area (Å²) in [5.74, 6) is -0.0410. The van der Waals surface area contributed by atoms with Crippen molar-refractivity contribution < 1.29 is 19.4 Å². The number of aldehydes is 1. The Balaban J connectivity index is 2.76. The molecule has 0 saturated heterocycles. The number of ether oxygens (including phenoxy) is 1. The van der Waals surface area contributed by atoms with E-state index in [-0.39, 0.29) is 11.4 Å². The molecule has 0 bridgehead atoms. The third kappa shape index (κ3) is 5.42. The summed E-state index contributed by atoms with van der Waals surface area (Å²) in [5.41, 5.74) is 0.531. The van der Waals surface area contributed by atoms with Gasteiger partial charge in [0.15, 0.2) is 0 Å². The van der Waals surface area contributed by atoms with E-state index in [4.69, 9.17) is 4.74 Å². The molecule has 1 aromatic rings. The van der Waals surface area contributed by atoms with E-state index in [0.717, 1.165) is 11.8 Å². The van der Waals surface area contributed by atoms with Gasteiger partial charge in [-0.3, -0.25) is 5.32 Å². The Morgan fingerprint density at radius 1 is 1.42 bits per heavy atom. The van der Waals surface area contributed by atoms with Crippen LogP contribution in [0.15, 0.2) is 18.2 Å². The molecule has 1 rings (SSSR count). The number of carbonyl (C=O) groups is 2. The first-order chi connectivity index (χ1) is 8.81. The number of rotatable bonds is 4. The van der Waals surface area contributed by atoms with Crippen LogP contribution in [-0.2, 0) is 16.0 Å². The number of aromatic hydroxyl groups is 1. The van der Waals surface area contributed by atoms with Gasteiger partial charge in [-0.25, -0.2) is 4.79 Å². The highest BCUT2D eigenvalue weighted by Gasteiger charge is 2.17. The van der Waals surface area contributed by atoms with Crippen LogP contribution in [0.5, 0.6) is 5.75 Å². The highest BCUT2D eigenvalue weighted by atomic mass is 16.6. The molecule has 104 valence electrons. The van der Waals surface area contributed by atoms with Crippen molar-refractivity contribution in [3.8, 4) is 5.75 Å². The smallest absolute Gasteiger partial charge is 0.412 e. The Morgan fingerprint density at radius 3 is 2.68 bits per heavy atom. The number of hydrogen-bond acceptors (Lipinski definition) is 4. The van der Waals surface area contributed by atoms with Gasteiger partial charge in [-0.15, -0.1) is 0 Å². The van der Waals surface area contributed by atoms with Crippen molar-refractivity contribution in [2.75, 3.05) is 5.32 Å². The maximum atomic E-state index is 11.6. The zero-order valence-electron chi connectivity index (χ0n) is 11.4. The Morgan fingerprint density at radius 2 is 2.11 bits per heavy atom. The molecule has 5 heteroatoms. The van der Waals surface area contributed by atoms with E-state index >= 15 is 0 Å². The summed E-state index contributed by atoms with van der Waals surface area (Å²) in [6.45, 7) is 5.27. The summed E-state index contributed by atoms with van der Waals surface area (Å²) >= 11 is 0. The topological polar surface area (TPSA) is 75.6 Å². The van der Waals surface area contributed by atoms with Crippen LogP contribution in [0.25, 0.3) is 0 Å². The largest absolute Gasteiger partial charge is 0.506 e. The van der Waals surface area contributed by atoms with E-state index in [1.807, 2.05) is 0 Å². The molecule has 0 atom stereocenters. The van der Waals surface area contributed by atoms with Crippen LogP contribution in [-0.4, -0.2) is 23.1 Å². The zero-order valence-corrected chi connectivity index (χ0v) is 11.4. The number of anilines is 1. The fraction of sp³-hybridized carbons (Fsp3) is 0.429. The molecule has 0 unspecified atom stereocenters. The summed E-state index contributed by atoms with van der Waals surface area (Å²) < 4.78 is 5.10. The molecule has 0 saturated carbocycles. The quantitative estimate of drug-likeness (QED) is 0.648. The summed E-state index contributed by atoms with van der Waals surface area (Å²) in [6.07, 6.45) is 1.16. The Bertz CT molecular complexity index is 463. The Hall–Kier alpha value is -2.04. The van der Waals surface area contributed by atoms with E-state index in [1.165, 1.54) is 6.07 Å². The number of carbonyl (C=O) groups excluding carboxylic acids is 2. The van der Waals surface area contributed by atoms with Gasteiger partial charge < -0.3 is 14.6 Å². The SMILES string of the molecule is CC(C)(C)OC(=O)Nc1cc(CCC=O)ccc1O. The highest BCUT2D eigenvalue weighted by Crippen LogP contribution is 2.25. The Kier molecular flexibility index (Phi) is 4.92. The van der Waals surface area contributed by atoms with Gasteiger partial charge in [0, 0.05) is 6.42 Å². The average molecular weight is 265 g/mol. The molecule has 1 amide bonds. The van der Waals surface area contributed by atoms with Crippen molar-refractivity contribution >= 4 is 18.1 Å². The number of nitrogens with one attached hydrogen (secondary N) is 1. The van der Waals surface area contributed by atoms with Gasteiger partial charge in [0.1, 0.15) is 17.6 Å². The molecule has 0 spiro atoms.